The van der Waals surface area contributed by atoms with Crippen LogP contribution in [0.25, 0.3) is 22.3 Å². The SMILES string of the molecule is c1ccc(C(c2ccccc2)(c2cccc3c2Cc2ccccc2-3)c2cccc3c2Cc2ccccc2-3)cc1. The standard InChI is InChI=1S/C39H28/c1-3-15-29(16-4-1)39(30-17-5-2-6-18-30,37-23-11-21-33-31-19-9-7-13-27(31)25-35(33)37)38-24-12-22-34-32-20-10-8-14-28(32)26-36(34)38/h1-24H,25-26H2. The van der Waals surface area contributed by atoms with E-state index in [4.69, 9.17) is 0 Å². The highest BCUT2D eigenvalue weighted by Gasteiger charge is 2.43. The van der Waals surface area contributed by atoms with Crippen LogP contribution in [0.1, 0.15) is 44.5 Å². The van der Waals surface area contributed by atoms with Crippen LogP contribution in [-0.2, 0) is 18.3 Å². The molecule has 184 valence electrons. The number of benzene rings is 6. The minimum Gasteiger partial charge on any atom is -0.0622 e. The van der Waals surface area contributed by atoms with Crippen molar-refractivity contribution < 1.29 is 0 Å². The Labute approximate surface area is 230 Å². The van der Waals surface area contributed by atoms with Gasteiger partial charge in [-0.05, 0) is 79.6 Å². The van der Waals surface area contributed by atoms with E-state index in [1.807, 2.05) is 0 Å². The van der Waals surface area contributed by atoms with Gasteiger partial charge in [-0.1, -0.05) is 146 Å². The fourth-order valence-corrected chi connectivity index (χ4v) is 7.33. The molecule has 2 aliphatic carbocycles. The second kappa shape index (κ2) is 8.68. The Morgan fingerprint density at radius 3 is 1.18 bits per heavy atom. The molecule has 6 aromatic carbocycles. The van der Waals surface area contributed by atoms with E-state index in [0.29, 0.717) is 0 Å². The molecule has 0 saturated heterocycles. The lowest BCUT2D eigenvalue weighted by atomic mass is 9.62. The molecule has 0 nitrogen and oxygen atoms in total. The van der Waals surface area contributed by atoms with Gasteiger partial charge in [0.2, 0.25) is 0 Å². The predicted molar refractivity (Wildman–Crippen MR) is 161 cm³/mol. The zero-order valence-electron chi connectivity index (χ0n) is 21.8. The van der Waals surface area contributed by atoms with Crippen LogP contribution in [-0.4, -0.2) is 0 Å². The Morgan fingerprint density at radius 1 is 0.333 bits per heavy atom. The fourth-order valence-electron chi connectivity index (χ4n) is 7.33. The summed E-state index contributed by atoms with van der Waals surface area (Å²) in [5.74, 6) is 0. The zero-order chi connectivity index (χ0) is 25.8. The summed E-state index contributed by atoms with van der Waals surface area (Å²) in [5, 5.41) is 0. The van der Waals surface area contributed by atoms with E-state index in [0.717, 1.165) is 12.8 Å². The smallest absolute Gasteiger partial charge is 0.0622 e. The Morgan fingerprint density at radius 2 is 0.718 bits per heavy atom. The van der Waals surface area contributed by atoms with E-state index in [2.05, 4.69) is 146 Å². The average Bonchev–Trinajstić information content (AvgIpc) is 3.58. The molecule has 0 fully saturated rings. The molecule has 0 radical (unpaired) electrons. The summed E-state index contributed by atoms with van der Waals surface area (Å²) in [7, 11) is 0. The lowest BCUT2D eigenvalue weighted by Crippen LogP contribution is -2.33. The summed E-state index contributed by atoms with van der Waals surface area (Å²) in [6, 6.07) is 54.2. The van der Waals surface area contributed by atoms with Crippen molar-refractivity contribution in [3.8, 4) is 22.3 Å². The number of fused-ring (bicyclic) bond motifs is 6. The van der Waals surface area contributed by atoms with Crippen molar-refractivity contribution in [1.82, 2.24) is 0 Å². The number of rotatable bonds is 4. The van der Waals surface area contributed by atoms with Gasteiger partial charge in [-0.25, -0.2) is 0 Å². The first-order valence-electron chi connectivity index (χ1n) is 13.9. The maximum absolute atomic E-state index is 2.40. The van der Waals surface area contributed by atoms with Gasteiger partial charge in [-0.2, -0.15) is 0 Å². The van der Waals surface area contributed by atoms with Crippen molar-refractivity contribution in [2.24, 2.45) is 0 Å². The summed E-state index contributed by atoms with van der Waals surface area (Å²) in [5.41, 5.74) is 16.1. The van der Waals surface area contributed by atoms with Gasteiger partial charge in [0.25, 0.3) is 0 Å². The van der Waals surface area contributed by atoms with Crippen LogP contribution in [0.3, 0.4) is 0 Å². The van der Waals surface area contributed by atoms with E-state index in [9.17, 15) is 0 Å². The molecule has 0 heterocycles. The summed E-state index contributed by atoms with van der Waals surface area (Å²) < 4.78 is 0. The molecule has 0 aromatic heterocycles. The maximum Gasteiger partial charge on any atom is 0.0707 e. The monoisotopic (exact) mass is 496 g/mol. The van der Waals surface area contributed by atoms with Crippen LogP contribution in [0, 0.1) is 0 Å². The van der Waals surface area contributed by atoms with Gasteiger partial charge in [0.05, 0.1) is 5.41 Å². The molecule has 0 atom stereocenters. The van der Waals surface area contributed by atoms with Gasteiger partial charge in [-0.15, -0.1) is 0 Å². The fraction of sp³-hybridized carbons (Fsp3) is 0.0769. The van der Waals surface area contributed by atoms with Gasteiger partial charge < -0.3 is 0 Å². The van der Waals surface area contributed by atoms with Crippen LogP contribution < -0.4 is 0 Å². The Bertz CT molecular complexity index is 1700. The molecule has 0 saturated carbocycles. The van der Waals surface area contributed by atoms with Crippen LogP contribution in [0.5, 0.6) is 0 Å². The van der Waals surface area contributed by atoms with E-state index >= 15 is 0 Å². The minimum atomic E-state index is -0.455. The van der Waals surface area contributed by atoms with Crippen LogP contribution in [0.4, 0.5) is 0 Å². The molecule has 6 aromatic rings. The highest BCUT2D eigenvalue weighted by Crippen LogP contribution is 2.53. The summed E-state index contributed by atoms with van der Waals surface area (Å²) in [6.07, 6.45) is 1.91. The lowest BCUT2D eigenvalue weighted by molar-refractivity contribution is 0.728. The lowest BCUT2D eigenvalue weighted by Gasteiger charge is -2.39. The molecular weight excluding hydrogens is 468 g/mol. The molecule has 0 amide bonds. The largest absolute Gasteiger partial charge is 0.0707 e. The van der Waals surface area contributed by atoms with Crippen molar-refractivity contribution in [3.05, 3.63) is 190 Å². The second-order valence-electron chi connectivity index (χ2n) is 10.8. The second-order valence-corrected chi connectivity index (χ2v) is 10.8. The molecule has 39 heavy (non-hydrogen) atoms. The normalized spacial score (nSPS) is 12.9. The topological polar surface area (TPSA) is 0 Å². The molecule has 0 bridgehead atoms. The van der Waals surface area contributed by atoms with Crippen molar-refractivity contribution in [2.45, 2.75) is 18.3 Å². The quantitative estimate of drug-likeness (QED) is 0.213. The third-order valence-electron chi connectivity index (χ3n) is 8.92. The molecule has 8 rings (SSSR count). The Balaban J connectivity index is 1.51. The summed E-state index contributed by atoms with van der Waals surface area (Å²) in [6.45, 7) is 0. The first-order valence-corrected chi connectivity index (χ1v) is 13.9. The molecule has 0 unspecified atom stereocenters. The Kier molecular flexibility index (Phi) is 4.97. The third kappa shape index (κ3) is 3.18. The van der Waals surface area contributed by atoms with E-state index in [-0.39, 0.29) is 0 Å². The van der Waals surface area contributed by atoms with Gasteiger partial charge in [0.15, 0.2) is 0 Å². The molecule has 2 aliphatic rings. The van der Waals surface area contributed by atoms with Crippen molar-refractivity contribution in [2.75, 3.05) is 0 Å². The van der Waals surface area contributed by atoms with Crippen molar-refractivity contribution in [3.63, 3.8) is 0 Å². The first-order chi connectivity index (χ1) is 19.4. The number of hydrogen-bond acceptors (Lipinski definition) is 0. The highest BCUT2D eigenvalue weighted by molar-refractivity contribution is 5.83. The van der Waals surface area contributed by atoms with E-state index in [1.54, 1.807) is 0 Å². The molecule has 0 spiro atoms. The maximum atomic E-state index is 2.40. The molecule has 0 N–H and O–H groups in total. The molecular formula is C39H28. The molecule has 0 heteroatoms. The van der Waals surface area contributed by atoms with Gasteiger partial charge in [0, 0.05) is 0 Å². The third-order valence-corrected chi connectivity index (χ3v) is 8.92. The van der Waals surface area contributed by atoms with Crippen molar-refractivity contribution in [1.29, 1.82) is 0 Å². The van der Waals surface area contributed by atoms with Crippen molar-refractivity contribution >= 4 is 0 Å². The van der Waals surface area contributed by atoms with Gasteiger partial charge in [0.1, 0.15) is 0 Å². The average molecular weight is 497 g/mol. The van der Waals surface area contributed by atoms with Gasteiger partial charge >= 0.3 is 0 Å². The van der Waals surface area contributed by atoms with E-state index in [1.165, 1.54) is 66.8 Å². The number of hydrogen-bond donors (Lipinski definition) is 0. The van der Waals surface area contributed by atoms with Crippen LogP contribution in [0.15, 0.2) is 146 Å². The minimum absolute atomic E-state index is 0.455. The predicted octanol–water partition coefficient (Wildman–Crippen LogP) is 9.21. The zero-order valence-corrected chi connectivity index (χ0v) is 21.8. The summed E-state index contributed by atoms with van der Waals surface area (Å²) in [4.78, 5) is 0. The highest BCUT2D eigenvalue weighted by atomic mass is 14.4. The van der Waals surface area contributed by atoms with Gasteiger partial charge in [-0.3, -0.25) is 0 Å². The van der Waals surface area contributed by atoms with E-state index < -0.39 is 5.41 Å². The van der Waals surface area contributed by atoms with Crippen LogP contribution in [0.2, 0.25) is 0 Å². The first kappa shape index (κ1) is 22.3. The van der Waals surface area contributed by atoms with Crippen LogP contribution >= 0.6 is 0 Å². The Hall–Kier alpha value is -4.68. The summed E-state index contributed by atoms with van der Waals surface area (Å²) >= 11 is 0. The molecule has 0 aliphatic heterocycles.